The molecule has 1 aromatic heterocycles. The van der Waals surface area contributed by atoms with E-state index in [0.29, 0.717) is 6.04 Å². The fraction of sp³-hybridized carbons (Fsp3) is 0.444. The van der Waals surface area contributed by atoms with Crippen LogP contribution in [-0.2, 0) is 5.41 Å². The van der Waals surface area contributed by atoms with Gasteiger partial charge in [0.2, 0.25) is 0 Å². The third-order valence-electron chi connectivity index (χ3n) is 3.59. The number of aryl methyl sites for hydroxylation is 1. The van der Waals surface area contributed by atoms with Crippen molar-refractivity contribution in [2.75, 3.05) is 6.54 Å². The van der Waals surface area contributed by atoms with E-state index in [0.717, 1.165) is 6.54 Å². The molecule has 2 rings (SSSR count). The topological polar surface area (TPSA) is 12.0 Å². The first kappa shape index (κ1) is 17.0. The first-order chi connectivity index (χ1) is 9.84. The van der Waals surface area contributed by atoms with E-state index >= 15 is 0 Å². The molecule has 1 atom stereocenters. The average molecular weight is 413 g/mol. The minimum Gasteiger partial charge on any atom is -0.306 e. The van der Waals surface area contributed by atoms with E-state index in [1.54, 1.807) is 0 Å². The van der Waals surface area contributed by atoms with Gasteiger partial charge in [-0.2, -0.15) is 0 Å². The molecule has 0 saturated carbocycles. The molecule has 21 heavy (non-hydrogen) atoms. The van der Waals surface area contributed by atoms with Crippen LogP contribution < -0.4 is 5.32 Å². The molecule has 3 heteroatoms. The summed E-state index contributed by atoms with van der Waals surface area (Å²) in [6.45, 7) is 12.2. The zero-order valence-electron chi connectivity index (χ0n) is 13.5. The maximum atomic E-state index is 3.65. The highest BCUT2D eigenvalue weighted by Crippen LogP contribution is 2.36. The Morgan fingerprint density at radius 2 is 1.90 bits per heavy atom. The third-order valence-corrected chi connectivity index (χ3v) is 6.64. The Bertz CT molecular complexity index is 610. The summed E-state index contributed by atoms with van der Waals surface area (Å²) in [4.78, 5) is 2.85. The summed E-state index contributed by atoms with van der Waals surface area (Å²) in [6.07, 6.45) is 0. The number of hydrogen-bond acceptors (Lipinski definition) is 2. The van der Waals surface area contributed by atoms with Gasteiger partial charge in [-0.25, -0.2) is 0 Å². The lowest BCUT2D eigenvalue weighted by molar-refractivity contribution is 0.604. The molecule has 0 radical (unpaired) electrons. The molecule has 0 amide bonds. The lowest BCUT2D eigenvalue weighted by Crippen LogP contribution is -2.22. The van der Waals surface area contributed by atoms with Crippen molar-refractivity contribution in [1.29, 1.82) is 0 Å². The van der Waals surface area contributed by atoms with Gasteiger partial charge in [0, 0.05) is 13.3 Å². The largest absolute Gasteiger partial charge is 0.306 e. The average Bonchev–Trinajstić information content (AvgIpc) is 2.89. The highest BCUT2D eigenvalue weighted by atomic mass is 127. The second kappa shape index (κ2) is 6.80. The number of hydrogen-bond donors (Lipinski definition) is 1. The predicted molar refractivity (Wildman–Crippen MR) is 102 cm³/mol. The van der Waals surface area contributed by atoms with Crippen LogP contribution in [0.5, 0.6) is 0 Å². The lowest BCUT2D eigenvalue weighted by atomic mass is 9.95. The van der Waals surface area contributed by atoms with E-state index in [9.17, 15) is 0 Å². The normalized spacial score (nSPS) is 13.4. The van der Waals surface area contributed by atoms with E-state index in [-0.39, 0.29) is 5.41 Å². The summed E-state index contributed by atoms with van der Waals surface area (Å²) in [6, 6.07) is 11.5. The molecule has 0 spiro atoms. The molecule has 0 saturated heterocycles. The Morgan fingerprint density at radius 1 is 1.19 bits per heavy atom. The van der Waals surface area contributed by atoms with Gasteiger partial charge in [-0.05, 0) is 64.7 Å². The molecular weight excluding hydrogens is 389 g/mol. The van der Waals surface area contributed by atoms with Gasteiger partial charge in [0.1, 0.15) is 0 Å². The summed E-state index contributed by atoms with van der Waals surface area (Å²) in [5, 5.41) is 3.65. The van der Waals surface area contributed by atoms with Gasteiger partial charge in [-0.3, -0.25) is 0 Å². The molecule has 0 aliphatic heterocycles. The molecule has 1 unspecified atom stereocenters. The van der Waals surface area contributed by atoms with Gasteiger partial charge in [0.25, 0.3) is 0 Å². The Kier molecular flexibility index (Phi) is 5.49. The maximum absolute atomic E-state index is 3.65. The highest BCUT2D eigenvalue weighted by Gasteiger charge is 2.22. The van der Waals surface area contributed by atoms with Crippen molar-refractivity contribution in [2.24, 2.45) is 0 Å². The number of halogens is 1. The predicted octanol–water partition coefficient (Wildman–Crippen LogP) is 5.66. The Labute approximate surface area is 146 Å². The van der Waals surface area contributed by atoms with Crippen LogP contribution >= 0.6 is 33.9 Å². The fourth-order valence-electron chi connectivity index (χ4n) is 2.37. The van der Waals surface area contributed by atoms with Gasteiger partial charge in [0.05, 0.1) is 6.04 Å². The van der Waals surface area contributed by atoms with Crippen molar-refractivity contribution in [3.63, 3.8) is 0 Å². The second-order valence-electron chi connectivity index (χ2n) is 6.42. The molecule has 1 heterocycles. The zero-order chi connectivity index (χ0) is 15.6. The van der Waals surface area contributed by atoms with Crippen molar-refractivity contribution >= 4 is 33.9 Å². The van der Waals surface area contributed by atoms with Crippen LogP contribution in [0.2, 0.25) is 0 Å². The third kappa shape index (κ3) is 3.88. The van der Waals surface area contributed by atoms with Crippen LogP contribution in [0.1, 0.15) is 54.6 Å². The molecule has 0 aliphatic rings. The van der Waals surface area contributed by atoms with Gasteiger partial charge >= 0.3 is 0 Å². The number of thiophene rings is 1. The van der Waals surface area contributed by atoms with Crippen molar-refractivity contribution in [2.45, 2.75) is 46.1 Å². The van der Waals surface area contributed by atoms with E-state index in [1.807, 2.05) is 11.3 Å². The van der Waals surface area contributed by atoms with Crippen molar-refractivity contribution in [3.05, 3.63) is 54.8 Å². The van der Waals surface area contributed by atoms with E-state index in [4.69, 9.17) is 0 Å². The molecular formula is C18H24INS. The first-order valence-electron chi connectivity index (χ1n) is 7.43. The summed E-state index contributed by atoms with van der Waals surface area (Å²) < 4.78 is 1.37. The number of rotatable bonds is 4. The molecule has 1 aromatic carbocycles. The van der Waals surface area contributed by atoms with E-state index < -0.39 is 0 Å². The van der Waals surface area contributed by atoms with Crippen molar-refractivity contribution < 1.29 is 0 Å². The minimum absolute atomic E-state index is 0.222. The van der Waals surface area contributed by atoms with Crippen LogP contribution in [0.25, 0.3) is 0 Å². The SMILES string of the molecule is CCNC(c1ccc(C(C)(C)C)s1)c1cccc(C)c1I. The quantitative estimate of drug-likeness (QED) is 0.638. The molecule has 0 bridgehead atoms. The molecule has 0 fully saturated rings. The van der Waals surface area contributed by atoms with E-state index in [2.05, 4.69) is 92.9 Å². The van der Waals surface area contributed by atoms with Gasteiger partial charge in [-0.1, -0.05) is 45.9 Å². The van der Waals surface area contributed by atoms with Crippen LogP contribution in [0.15, 0.2) is 30.3 Å². The smallest absolute Gasteiger partial charge is 0.0681 e. The maximum Gasteiger partial charge on any atom is 0.0681 e. The molecule has 114 valence electrons. The summed E-state index contributed by atoms with van der Waals surface area (Å²) in [5.74, 6) is 0. The summed E-state index contributed by atoms with van der Waals surface area (Å²) in [5.41, 5.74) is 2.96. The minimum atomic E-state index is 0.222. The summed E-state index contributed by atoms with van der Waals surface area (Å²) in [7, 11) is 0. The molecule has 0 aliphatic carbocycles. The number of nitrogens with one attached hydrogen (secondary N) is 1. The van der Waals surface area contributed by atoms with Gasteiger partial charge < -0.3 is 5.32 Å². The fourth-order valence-corrected chi connectivity index (χ4v) is 4.20. The number of benzene rings is 1. The van der Waals surface area contributed by atoms with Crippen LogP contribution in [0, 0.1) is 10.5 Å². The molecule has 2 aromatic rings. The van der Waals surface area contributed by atoms with Gasteiger partial charge in [-0.15, -0.1) is 11.3 Å². The standard InChI is InChI=1S/C18H24INS/c1-6-20-17(13-9-7-8-12(2)16(13)19)14-10-11-15(21-14)18(3,4)5/h7-11,17,20H,6H2,1-5H3. The molecule has 1 N–H and O–H groups in total. The second-order valence-corrected chi connectivity index (χ2v) is 8.61. The Balaban J connectivity index is 2.44. The monoisotopic (exact) mass is 413 g/mol. The van der Waals surface area contributed by atoms with E-state index in [1.165, 1.54) is 24.5 Å². The summed E-state index contributed by atoms with van der Waals surface area (Å²) >= 11 is 4.41. The van der Waals surface area contributed by atoms with Crippen molar-refractivity contribution in [3.8, 4) is 0 Å². The lowest BCUT2D eigenvalue weighted by Gasteiger charge is -2.20. The highest BCUT2D eigenvalue weighted by molar-refractivity contribution is 14.1. The zero-order valence-corrected chi connectivity index (χ0v) is 16.4. The van der Waals surface area contributed by atoms with Gasteiger partial charge in [0.15, 0.2) is 0 Å². The van der Waals surface area contributed by atoms with Crippen LogP contribution in [0.3, 0.4) is 0 Å². The van der Waals surface area contributed by atoms with Crippen LogP contribution in [0.4, 0.5) is 0 Å². The molecule has 1 nitrogen and oxygen atoms in total. The Morgan fingerprint density at radius 3 is 2.48 bits per heavy atom. The Hall–Kier alpha value is -0.390. The van der Waals surface area contributed by atoms with Crippen LogP contribution in [-0.4, -0.2) is 6.54 Å². The van der Waals surface area contributed by atoms with Crippen molar-refractivity contribution in [1.82, 2.24) is 5.32 Å². The first-order valence-corrected chi connectivity index (χ1v) is 9.32.